The van der Waals surface area contributed by atoms with Crippen LogP contribution >= 0.6 is 0 Å². The van der Waals surface area contributed by atoms with E-state index in [0.29, 0.717) is 6.61 Å². The quantitative estimate of drug-likeness (QED) is 0.473. The van der Waals surface area contributed by atoms with Gasteiger partial charge < -0.3 is 9.47 Å². The highest BCUT2D eigenvalue weighted by molar-refractivity contribution is 5.87. The van der Waals surface area contributed by atoms with E-state index in [1.54, 1.807) is 7.11 Å². The SMILES string of the molecule is COc1ccccc1N=Cc1cccc(C(C)(C)C)c1OCc1ccccc1. The lowest BCUT2D eigenvalue weighted by atomic mass is 9.85. The standard InChI is InChI=1S/C25H27NO2/c1-25(2,3)21-14-10-13-20(17-26-22-15-8-9-16-23(22)27-4)24(21)28-18-19-11-6-5-7-12-19/h5-17H,18H2,1-4H3. The number of rotatable bonds is 6. The molecule has 0 N–H and O–H groups in total. The average molecular weight is 373 g/mol. The second kappa shape index (κ2) is 8.75. The molecule has 3 nitrogen and oxygen atoms in total. The van der Waals surface area contributed by atoms with E-state index in [2.05, 4.69) is 50.0 Å². The minimum atomic E-state index is -0.0414. The molecule has 3 rings (SSSR count). The Morgan fingerprint density at radius 1 is 0.857 bits per heavy atom. The first-order valence-electron chi connectivity index (χ1n) is 9.46. The van der Waals surface area contributed by atoms with E-state index in [1.165, 1.54) is 0 Å². The van der Waals surface area contributed by atoms with Crippen molar-refractivity contribution in [3.8, 4) is 11.5 Å². The van der Waals surface area contributed by atoms with Crippen molar-refractivity contribution >= 4 is 11.9 Å². The van der Waals surface area contributed by atoms with Crippen LogP contribution in [-0.2, 0) is 12.0 Å². The van der Waals surface area contributed by atoms with Crippen LogP contribution in [-0.4, -0.2) is 13.3 Å². The number of methoxy groups -OCH3 is 1. The number of benzene rings is 3. The molecule has 0 aliphatic rings. The molecule has 0 heterocycles. The smallest absolute Gasteiger partial charge is 0.144 e. The van der Waals surface area contributed by atoms with Crippen LogP contribution in [0.25, 0.3) is 0 Å². The zero-order chi connectivity index (χ0) is 20.0. The summed E-state index contributed by atoms with van der Waals surface area (Å²) in [4.78, 5) is 4.66. The summed E-state index contributed by atoms with van der Waals surface area (Å²) in [7, 11) is 1.66. The van der Waals surface area contributed by atoms with Crippen LogP contribution < -0.4 is 9.47 Å². The maximum absolute atomic E-state index is 6.30. The molecular formula is C25H27NO2. The van der Waals surface area contributed by atoms with Crippen molar-refractivity contribution in [2.45, 2.75) is 32.8 Å². The van der Waals surface area contributed by atoms with Crippen LogP contribution in [0.3, 0.4) is 0 Å². The summed E-state index contributed by atoms with van der Waals surface area (Å²) in [5, 5.41) is 0. The van der Waals surface area contributed by atoms with Gasteiger partial charge in [-0.05, 0) is 29.2 Å². The van der Waals surface area contributed by atoms with E-state index in [0.717, 1.165) is 33.9 Å². The van der Waals surface area contributed by atoms with Gasteiger partial charge in [0.2, 0.25) is 0 Å². The third-order valence-electron chi connectivity index (χ3n) is 4.51. The Bertz CT molecular complexity index is 940. The molecule has 0 aromatic heterocycles. The molecule has 28 heavy (non-hydrogen) atoms. The molecule has 0 amide bonds. The molecule has 0 unspecified atom stereocenters. The fraction of sp³-hybridized carbons (Fsp3) is 0.240. The van der Waals surface area contributed by atoms with Gasteiger partial charge in [0.05, 0.1) is 7.11 Å². The van der Waals surface area contributed by atoms with E-state index in [-0.39, 0.29) is 5.41 Å². The Morgan fingerprint density at radius 3 is 2.29 bits per heavy atom. The Kier molecular flexibility index (Phi) is 6.15. The predicted octanol–water partition coefficient (Wildman–Crippen LogP) is 6.32. The lowest BCUT2D eigenvalue weighted by Gasteiger charge is -2.24. The van der Waals surface area contributed by atoms with Crippen LogP contribution in [0.15, 0.2) is 77.8 Å². The summed E-state index contributed by atoms with van der Waals surface area (Å²) < 4.78 is 11.7. The van der Waals surface area contributed by atoms with Gasteiger partial charge in [-0.2, -0.15) is 0 Å². The lowest BCUT2D eigenvalue weighted by Crippen LogP contribution is -2.14. The van der Waals surface area contributed by atoms with Gasteiger partial charge in [0.25, 0.3) is 0 Å². The first-order valence-corrected chi connectivity index (χ1v) is 9.46. The molecule has 0 fully saturated rings. The maximum Gasteiger partial charge on any atom is 0.144 e. The molecule has 0 aliphatic heterocycles. The maximum atomic E-state index is 6.30. The molecule has 3 aromatic carbocycles. The van der Waals surface area contributed by atoms with Crippen LogP contribution in [0.1, 0.15) is 37.5 Å². The fourth-order valence-electron chi connectivity index (χ4n) is 3.01. The number of ether oxygens (including phenoxy) is 2. The highest BCUT2D eigenvalue weighted by Gasteiger charge is 2.21. The molecule has 0 saturated heterocycles. The molecule has 0 aliphatic carbocycles. The Hall–Kier alpha value is -3.07. The highest BCUT2D eigenvalue weighted by atomic mass is 16.5. The first-order chi connectivity index (χ1) is 13.5. The zero-order valence-electron chi connectivity index (χ0n) is 17.0. The van der Waals surface area contributed by atoms with Crippen LogP contribution in [0.4, 0.5) is 5.69 Å². The Labute approximate surface area is 167 Å². The Morgan fingerprint density at radius 2 is 1.57 bits per heavy atom. The fourth-order valence-corrected chi connectivity index (χ4v) is 3.01. The van der Waals surface area contributed by atoms with Crippen molar-refractivity contribution in [1.82, 2.24) is 0 Å². The summed E-state index contributed by atoms with van der Waals surface area (Å²) >= 11 is 0. The van der Waals surface area contributed by atoms with E-state index in [4.69, 9.17) is 9.47 Å². The minimum Gasteiger partial charge on any atom is -0.494 e. The van der Waals surface area contributed by atoms with E-state index < -0.39 is 0 Å². The van der Waals surface area contributed by atoms with Crippen LogP contribution in [0.2, 0.25) is 0 Å². The van der Waals surface area contributed by atoms with Gasteiger partial charge in [0, 0.05) is 17.3 Å². The largest absolute Gasteiger partial charge is 0.494 e. The third-order valence-corrected chi connectivity index (χ3v) is 4.51. The van der Waals surface area contributed by atoms with Gasteiger partial charge in [-0.1, -0.05) is 75.4 Å². The monoisotopic (exact) mass is 373 g/mol. The summed E-state index contributed by atoms with van der Waals surface area (Å²) in [5.74, 6) is 1.62. The molecule has 3 aromatic rings. The molecule has 3 heteroatoms. The van der Waals surface area contributed by atoms with E-state index in [1.807, 2.05) is 54.7 Å². The van der Waals surface area contributed by atoms with Crippen LogP contribution in [0.5, 0.6) is 11.5 Å². The summed E-state index contributed by atoms with van der Waals surface area (Å²) in [6.07, 6.45) is 1.85. The normalized spacial score (nSPS) is 11.6. The topological polar surface area (TPSA) is 30.8 Å². The average Bonchev–Trinajstić information content (AvgIpc) is 2.71. The number of para-hydroxylation sites is 3. The van der Waals surface area contributed by atoms with Gasteiger partial charge in [0.1, 0.15) is 23.8 Å². The second-order valence-corrected chi connectivity index (χ2v) is 7.68. The molecule has 0 saturated carbocycles. The second-order valence-electron chi connectivity index (χ2n) is 7.68. The molecule has 144 valence electrons. The van der Waals surface area contributed by atoms with Gasteiger partial charge in [0.15, 0.2) is 0 Å². The summed E-state index contributed by atoms with van der Waals surface area (Å²) in [6.45, 7) is 7.10. The van der Waals surface area contributed by atoms with Crippen molar-refractivity contribution in [3.63, 3.8) is 0 Å². The van der Waals surface area contributed by atoms with Gasteiger partial charge in [-0.3, -0.25) is 4.99 Å². The summed E-state index contributed by atoms with van der Waals surface area (Å²) in [6, 6.07) is 24.2. The zero-order valence-corrected chi connectivity index (χ0v) is 17.0. The predicted molar refractivity (Wildman–Crippen MR) is 116 cm³/mol. The van der Waals surface area contributed by atoms with Crippen LogP contribution in [0, 0.1) is 0 Å². The third kappa shape index (κ3) is 4.80. The van der Waals surface area contributed by atoms with E-state index in [9.17, 15) is 0 Å². The number of nitrogens with zero attached hydrogens (tertiary/aromatic N) is 1. The van der Waals surface area contributed by atoms with Crippen molar-refractivity contribution in [2.75, 3.05) is 7.11 Å². The molecular weight excluding hydrogens is 346 g/mol. The number of aliphatic imine (C=N–C) groups is 1. The number of hydrogen-bond acceptors (Lipinski definition) is 3. The molecule has 0 spiro atoms. The lowest BCUT2D eigenvalue weighted by molar-refractivity contribution is 0.297. The van der Waals surface area contributed by atoms with Crippen molar-refractivity contribution in [1.29, 1.82) is 0 Å². The van der Waals surface area contributed by atoms with E-state index >= 15 is 0 Å². The summed E-state index contributed by atoms with van der Waals surface area (Å²) in [5.41, 5.74) is 4.00. The first kappa shape index (κ1) is 19.7. The van der Waals surface area contributed by atoms with Gasteiger partial charge in [-0.15, -0.1) is 0 Å². The van der Waals surface area contributed by atoms with Crippen molar-refractivity contribution in [3.05, 3.63) is 89.5 Å². The van der Waals surface area contributed by atoms with Gasteiger partial charge in [-0.25, -0.2) is 0 Å². The number of hydrogen-bond donors (Lipinski definition) is 0. The minimum absolute atomic E-state index is 0.0414. The van der Waals surface area contributed by atoms with Gasteiger partial charge >= 0.3 is 0 Å². The molecule has 0 radical (unpaired) electrons. The van der Waals surface area contributed by atoms with Crippen molar-refractivity contribution in [2.24, 2.45) is 4.99 Å². The molecule has 0 atom stereocenters. The van der Waals surface area contributed by atoms with Crippen molar-refractivity contribution < 1.29 is 9.47 Å². The highest BCUT2D eigenvalue weighted by Crippen LogP contribution is 2.35. The Balaban J connectivity index is 1.97. The molecule has 0 bridgehead atoms.